The van der Waals surface area contributed by atoms with Gasteiger partial charge in [-0.3, -0.25) is 0 Å². The van der Waals surface area contributed by atoms with Gasteiger partial charge in [0.05, 0.1) is 11.1 Å². The van der Waals surface area contributed by atoms with Crippen molar-refractivity contribution >= 4 is 29.1 Å². The number of hydrogen-bond donors (Lipinski definition) is 2. The lowest BCUT2D eigenvalue weighted by Crippen LogP contribution is -2.48. The molecule has 7 heteroatoms. The number of nitrogens with one attached hydrogen (secondary N) is 1. The van der Waals surface area contributed by atoms with Crippen LogP contribution in [0.2, 0.25) is 5.02 Å². The average molecular weight is 325 g/mol. The Labute approximate surface area is 125 Å². The molecule has 1 heterocycles. The van der Waals surface area contributed by atoms with Crippen molar-refractivity contribution < 1.29 is 13.2 Å². The number of halogens is 4. The molecule has 1 aromatic rings. The highest BCUT2D eigenvalue weighted by Crippen LogP contribution is 2.35. The van der Waals surface area contributed by atoms with E-state index < -0.39 is 11.7 Å². The van der Waals surface area contributed by atoms with Gasteiger partial charge in [0, 0.05) is 17.3 Å². The van der Waals surface area contributed by atoms with Gasteiger partial charge < -0.3 is 11.1 Å². The average Bonchev–Trinajstić information content (AvgIpc) is 2.38. The van der Waals surface area contributed by atoms with Crippen LogP contribution >= 0.6 is 23.4 Å². The highest BCUT2D eigenvalue weighted by Gasteiger charge is 2.33. The summed E-state index contributed by atoms with van der Waals surface area (Å²) in [6.07, 6.45) is -2.73. The Balaban J connectivity index is 2.26. The van der Waals surface area contributed by atoms with Crippen LogP contribution < -0.4 is 11.1 Å². The fourth-order valence-electron chi connectivity index (χ4n) is 2.27. The van der Waals surface area contributed by atoms with Crippen molar-refractivity contribution in [1.29, 1.82) is 0 Å². The van der Waals surface area contributed by atoms with Crippen LogP contribution in [0.3, 0.4) is 0 Å². The molecule has 1 aliphatic heterocycles. The molecule has 2 nitrogen and oxygen atoms in total. The van der Waals surface area contributed by atoms with Gasteiger partial charge in [-0.2, -0.15) is 24.9 Å². The van der Waals surface area contributed by atoms with E-state index in [0.717, 1.165) is 36.5 Å². The quantitative estimate of drug-likeness (QED) is 0.882. The standard InChI is InChI=1S/C13H16ClF3N2S/c14-10-5-9(13(15,16)17)6-11(7-10)19-12(8-18)1-3-20-4-2-12/h5-7,19H,1-4,8,18H2. The van der Waals surface area contributed by atoms with E-state index in [1.54, 1.807) is 0 Å². The Hall–Kier alpha value is -0.590. The lowest BCUT2D eigenvalue weighted by Gasteiger charge is -2.38. The number of alkyl halides is 3. The Morgan fingerprint density at radius 2 is 1.90 bits per heavy atom. The van der Waals surface area contributed by atoms with Crippen molar-refractivity contribution in [3.05, 3.63) is 28.8 Å². The molecule has 0 unspecified atom stereocenters. The summed E-state index contributed by atoms with van der Waals surface area (Å²) in [4.78, 5) is 0. The largest absolute Gasteiger partial charge is 0.416 e. The van der Waals surface area contributed by atoms with E-state index in [1.165, 1.54) is 6.07 Å². The lowest BCUT2D eigenvalue weighted by molar-refractivity contribution is -0.137. The van der Waals surface area contributed by atoms with E-state index in [2.05, 4.69) is 5.32 Å². The van der Waals surface area contributed by atoms with E-state index in [4.69, 9.17) is 17.3 Å². The zero-order valence-electron chi connectivity index (χ0n) is 10.8. The molecule has 1 aromatic carbocycles. The molecule has 112 valence electrons. The van der Waals surface area contributed by atoms with Gasteiger partial charge >= 0.3 is 6.18 Å². The van der Waals surface area contributed by atoms with Gasteiger partial charge in [-0.25, -0.2) is 0 Å². The number of thioether (sulfide) groups is 1. The fourth-order valence-corrected chi connectivity index (χ4v) is 3.78. The molecule has 1 saturated heterocycles. The maximum Gasteiger partial charge on any atom is 0.416 e. The highest BCUT2D eigenvalue weighted by molar-refractivity contribution is 7.99. The molecule has 0 aliphatic carbocycles. The molecule has 1 fully saturated rings. The third-order valence-electron chi connectivity index (χ3n) is 3.48. The third kappa shape index (κ3) is 3.74. The molecule has 0 spiro atoms. The molecule has 0 saturated carbocycles. The van der Waals surface area contributed by atoms with Crippen molar-refractivity contribution in [3.8, 4) is 0 Å². The van der Waals surface area contributed by atoms with Gasteiger partial charge in [0.15, 0.2) is 0 Å². The van der Waals surface area contributed by atoms with Crippen LogP contribution in [-0.2, 0) is 6.18 Å². The molecule has 0 aromatic heterocycles. The number of nitrogens with two attached hydrogens (primary N) is 1. The summed E-state index contributed by atoms with van der Waals surface area (Å²) in [6.45, 7) is 0.390. The first-order valence-electron chi connectivity index (χ1n) is 6.28. The molecular formula is C13H16ClF3N2S. The monoisotopic (exact) mass is 324 g/mol. The Morgan fingerprint density at radius 1 is 1.25 bits per heavy atom. The number of anilines is 1. The van der Waals surface area contributed by atoms with E-state index in [1.807, 2.05) is 11.8 Å². The van der Waals surface area contributed by atoms with Crippen LogP contribution in [0.1, 0.15) is 18.4 Å². The molecule has 1 aliphatic rings. The van der Waals surface area contributed by atoms with Crippen molar-refractivity contribution in [1.82, 2.24) is 0 Å². The maximum atomic E-state index is 12.8. The van der Waals surface area contributed by atoms with E-state index in [9.17, 15) is 13.2 Å². The fraction of sp³-hybridized carbons (Fsp3) is 0.538. The lowest BCUT2D eigenvalue weighted by atomic mass is 9.92. The van der Waals surface area contributed by atoms with Gasteiger partial charge in [-0.05, 0) is 42.5 Å². The van der Waals surface area contributed by atoms with Gasteiger partial charge in [0.1, 0.15) is 0 Å². The van der Waals surface area contributed by atoms with E-state index in [-0.39, 0.29) is 10.6 Å². The molecule has 20 heavy (non-hydrogen) atoms. The number of benzene rings is 1. The summed E-state index contributed by atoms with van der Waals surface area (Å²) < 4.78 is 38.4. The van der Waals surface area contributed by atoms with Crippen LogP contribution in [0.5, 0.6) is 0 Å². The highest BCUT2D eigenvalue weighted by atomic mass is 35.5. The molecule has 0 bridgehead atoms. The van der Waals surface area contributed by atoms with Crippen LogP contribution in [0.25, 0.3) is 0 Å². The first-order chi connectivity index (χ1) is 9.35. The van der Waals surface area contributed by atoms with Gasteiger partial charge in [0.2, 0.25) is 0 Å². The minimum Gasteiger partial charge on any atom is -0.378 e. The second-order valence-corrected chi connectivity index (χ2v) is 6.61. The second-order valence-electron chi connectivity index (χ2n) is 4.95. The number of hydrogen-bond acceptors (Lipinski definition) is 3. The van der Waals surface area contributed by atoms with E-state index in [0.29, 0.717) is 12.2 Å². The smallest absolute Gasteiger partial charge is 0.378 e. The second kappa shape index (κ2) is 6.03. The van der Waals surface area contributed by atoms with Crippen LogP contribution in [0.15, 0.2) is 18.2 Å². The topological polar surface area (TPSA) is 38.0 Å². The molecule has 0 amide bonds. The predicted molar refractivity (Wildman–Crippen MR) is 78.4 cm³/mol. The van der Waals surface area contributed by atoms with Crippen molar-refractivity contribution in [3.63, 3.8) is 0 Å². The summed E-state index contributed by atoms with van der Waals surface area (Å²) in [5.41, 5.74) is 5.12. The third-order valence-corrected chi connectivity index (χ3v) is 4.68. The van der Waals surface area contributed by atoms with Crippen molar-refractivity contribution in [2.24, 2.45) is 5.73 Å². The van der Waals surface area contributed by atoms with Crippen LogP contribution in [0, 0.1) is 0 Å². The molecular weight excluding hydrogens is 309 g/mol. The summed E-state index contributed by atoms with van der Waals surface area (Å²) in [6, 6.07) is 3.53. The Morgan fingerprint density at radius 3 is 2.45 bits per heavy atom. The summed E-state index contributed by atoms with van der Waals surface area (Å²) in [5, 5.41) is 3.24. The van der Waals surface area contributed by atoms with E-state index >= 15 is 0 Å². The van der Waals surface area contributed by atoms with Crippen LogP contribution in [-0.4, -0.2) is 23.6 Å². The molecule has 0 atom stereocenters. The molecule has 2 rings (SSSR count). The number of rotatable bonds is 3. The summed E-state index contributed by atoms with van der Waals surface area (Å²) in [7, 11) is 0. The summed E-state index contributed by atoms with van der Waals surface area (Å²) in [5.74, 6) is 1.91. The van der Waals surface area contributed by atoms with Gasteiger partial charge in [0.25, 0.3) is 0 Å². The van der Waals surface area contributed by atoms with Crippen molar-refractivity contribution in [2.45, 2.75) is 24.6 Å². The predicted octanol–water partition coefficient (Wildman–Crippen LogP) is 4.00. The maximum absolute atomic E-state index is 12.8. The normalized spacial score (nSPS) is 18.9. The SMILES string of the molecule is NCC1(Nc2cc(Cl)cc(C(F)(F)F)c2)CCSCC1. The minimum absolute atomic E-state index is 0.0691. The Bertz CT molecular complexity index is 473. The zero-order valence-corrected chi connectivity index (χ0v) is 12.3. The van der Waals surface area contributed by atoms with Gasteiger partial charge in [-0.1, -0.05) is 11.6 Å². The molecule has 0 radical (unpaired) electrons. The zero-order chi connectivity index (χ0) is 14.8. The van der Waals surface area contributed by atoms with Crippen LogP contribution in [0.4, 0.5) is 18.9 Å². The Kier molecular flexibility index (Phi) is 4.76. The minimum atomic E-state index is -4.40. The first-order valence-corrected chi connectivity index (χ1v) is 7.82. The van der Waals surface area contributed by atoms with Crippen molar-refractivity contribution in [2.75, 3.05) is 23.4 Å². The van der Waals surface area contributed by atoms with Gasteiger partial charge in [-0.15, -0.1) is 0 Å². The summed E-state index contributed by atoms with van der Waals surface area (Å²) >= 11 is 7.62. The molecule has 3 N–H and O–H groups in total. The first kappa shape index (κ1) is 15.8.